The van der Waals surface area contributed by atoms with Crippen LogP contribution in [0.5, 0.6) is 11.5 Å². The molecule has 7 nitrogen and oxygen atoms in total. The third kappa shape index (κ3) is 4.40. The van der Waals surface area contributed by atoms with E-state index in [-0.39, 0.29) is 11.7 Å². The fourth-order valence-electron chi connectivity index (χ4n) is 2.53. The van der Waals surface area contributed by atoms with Crippen molar-refractivity contribution in [3.8, 4) is 11.5 Å². The second-order valence-electron chi connectivity index (χ2n) is 5.63. The maximum absolute atomic E-state index is 12.1. The van der Waals surface area contributed by atoms with Gasteiger partial charge in [0.05, 0.1) is 37.2 Å². The molecule has 1 N–H and O–H groups in total. The molecular formula is C19H20N4O3S. The second-order valence-corrected chi connectivity index (χ2v) is 6.57. The Labute approximate surface area is 161 Å². The first kappa shape index (κ1) is 18.8. The molecule has 0 atom stereocenters. The number of nitrogens with one attached hydrogen (secondary N) is 1. The van der Waals surface area contributed by atoms with Crippen LogP contribution in [0.4, 0.5) is 0 Å². The molecule has 140 valence electrons. The van der Waals surface area contributed by atoms with Gasteiger partial charge in [0.1, 0.15) is 11.5 Å². The van der Waals surface area contributed by atoms with Crippen LogP contribution in [0, 0.1) is 0 Å². The van der Waals surface area contributed by atoms with Crippen molar-refractivity contribution in [1.82, 2.24) is 15.0 Å². The highest BCUT2D eigenvalue weighted by atomic mass is 32.2. The smallest absolute Gasteiger partial charge is 0.250 e. The Morgan fingerprint density at radius 2 is 2.07 bits per heavy atom. The van der Waals surface area contributed by atoms with E-state index >= 15 is 0 Å². The van der Waals surface area contributed by atoms with Gasteiger partial charge in [-0.1, -0.05) is 23.9 Å². The molecule has 3 aromatic rings. The summed E-state index contributed by atoms with van der Waals surface area (Å²) in [5.41, 5.74) is 5.17. The quantitative estimate of drug-likeness (QED) is 0.385. The van der Waals surface area contributed by atoms with E-state index in [1.54, 1.807) is 32.4 Å². The maximum Gasteiger partial charge on any atom is 0.250 e. The summed E-state index contributed by atoms with van der Waals surface area (Å²) in [6.07, 6.45) is 1.53. The molecule has 1 amide bonds. The standard InChI is InChI=1S/C19H20N4O3S/c1-23-16-7-5-4-6-15(16)21-19(23)27-12-18(24)22-20-11-13-10-14(25-2)8-9-17(13)26-3/h4-11H,12H2,1-3H3,(H,22,24)/b20-11-. The maximum atomic E-state index is 12.1. The Bertz CT molecular complexity index is 984. The minimum atomic E-state index is -0.217. The van der Waals surface area contributed by atoms with Crippen LogP contribution in [0.2, 0.25) is 0 Å². The summed E-state index contributed by atoms with van der Waals surface area (Å²) in [5.74, 6) is 1.32. The first-order valence-electron chi connectivity index (χ1n) is 8.20. The zero-order valence-corrected chi connectivity index (χ0v) is 16.1. The first-order chi connectivity index (χ1) is 13.1. The van der Waals surface area contributed by atoms with Gasteiger partial charge in [0.15, 0.2) is 5.16 Å². The molecule has 1 heterocycles. The van der Waals surface area contributed by atoms with Gasteiger partial charge in [-0.15, -0.1) is 0 Å². The molecule has 2 aromatic carbocycles. The lowest BCUT2D eigenvalue weighted by Crippen LogP contribution is -2.20. The summed E-state index contributed by atoms with van der Waals surface area (Å²) >= 11 is 1.36. The number of hydrogen-bond donors (Lipinski definition) is 1. The number of carbonyl (C=O) groups excluding carboxylic acids is 1. The third-order valence-corrected chi connectivity index (χ3v) is 4.94. The zero-order valence-electron chi connectivity index (χ0n) is 15.3. The Hall–Kier alpha value is -3.00. The summed E-state index contributed by atoms with van der Waals surface area (Å²) < 4.78 is 12.4. The van der Waals surface area contributed by atoms with Crippen LogP contribution in [-0.4, -0.2) is 41.6 Å². The predicted molar refractivity (Wildman–Crippen MR) is 107 cm³/mol. The highest BCUT2D eigenvalue weighted by Crippen LogP contribution is 2.23. The fourth-order valence-corrected chi connectivity index (χ4v) is 3.31. The van der Waals surface area contributed by atoms with Gasteiger partial charge in [0.25, 0.3) is 5.91 Å². The lowest BCUT2D eigenvalue weighted by molar-refractivity contribution is -0.118. The molecule has 3 rings (SSSR count). The van der Waals surface area contributed by atoms with E-state index in [0.29, 0.717) is 17.1 Å². The van der Waals surface area contributed by atoms with Gasteiger partial charge >= 0.3 is 0 Å². The van der Waals surface area contributed by atoms with Gasteiger partial charge in [-0.25, -0.2) is 10.4 Å². The number of fused-ring (bicyclic) bond motifs is 1. The van der Waals surface area contributed by atoms with Gasteiger partial charge in [-0.3, -0.25) is 4.79 Å². The first-order valence-corrected chi connectivity index (χ1v) is 9.19. The number of para-hydroxylation sites is 2. The van der Waals surface area contributed by atoms with Crippen LogP contribution in [0.3, 0.4) is 0 Å². The van der Waals surface area contributed by atoms with Crippen molar-refractivity contribution in [2.45, 2.75) is 5.16 Å². The Morgan fingerprint density at radius 3 is 2.81 bits per heavy atom. The van der Waals surface area contributed by atoms with Crippen LogP contribution in [0.1, 0.15) is 5.56 Å². The topological polar surface area (TPSA) is 77.7 Å². The van der Waals surface area contributed by atoms with Crippen LogP contribution in [0.25, 0.3) is 11.0 Å². The number of carbonyl (C=O) groups is 1. The van der Waals surface area contributed by atoms with Gasteiger partial charge in [0.2, 0.25) is 0 Å². The number of ether oxygens (including phenoxy) is 2. The average Bonchev–Trinajstić information content (AvgIpc) is 3.02. The zero-order chi connectivity index (χ0) is 19.2. The Morgan fingerprint density at radius 1 is 1.26 bits per heavy atom. The number of imidazole rings is 1. The molecule has 0 fully saturated rings. The monoisotopic (exact) mass is 384 g/mol. The number of thioether (sulfide) groups is 1. The molecule has 0 radical (unpaired) electrons. The van der Waals surface area contributed by atoms with Crippen molar-refractivity contribution in [2.75, 3.05) is 20.0 Å². The SMILES string of the molecule is COc1ccc(OC)c(/C=N\NC(=O)CSc2nc3ccccc3n2C)c1. The highest BCUT2D eigenvalue weighted by Gasteiger charge is 2.10. The number of methoxy groups -OCH3 is 2. The lowest BCUT2D eigenvalue weighted by Gasteiger charge is -2.06. The normalized spacial score (nSPS) is 11.1. The fraction of sp³-hybridized carbons (Fsp3) is 0.211. The molecule has 0 saturated heterocycles. The molecular weight excluding hydrogens is 364 g/mol. The number of aryl methyl sites for hydroxylation is 1. The highest BCUT2D eigenvalue weighted by molar-refractivity contribution is 7.99. The molecule has 0 aliphatic rings. The van der Waals surface area contributed by atoms with E-state index < -0.39 is 0 Å². The lowest BCUT2D eigenvalue weighted by atomic mass is 10.2. The third-order valence-electron chi connectivity index (χ3n) is 3.91. The van der Waals surface area contributed by atoms with Crippen molar-refractivity contribution in [1.29, 1.82) is 0 Å². The van der Waals surface area contributed by atoms with Crippen LogP contribution in [-0.2, 0) is 11.8 Å². The van der Waals surface area contributed by atoms with Crippen LogP contribution in [0.15, 0.2) is 52.7 Å². The molecule has 0 saturated carbocycles. The largest absolute Gasteiger partial charge is 0.497 e. The number of amides is 1. The van der Waals surface area contributed by atoms with E-state index in [4.69, 9.17) is 9.47 Å². The molecule has 0 spiro atoms. The van der Waals surface area contributed by atoms with E-state index in [1.165, 1.54) is 18.0 Å². The van der Waals surface area contributed by atoms with Gasteiger partial charge in [0, 0.05) is 12.6 Å². The molecule has 1 aromatic heterocycles. The van der Waals surface area contributed by atoms with E-state index in [2.05, 4.69) is 15.5 Å². The molecule has 8 heteroatoms. The Balaban J connectivity index is 1.59. The second kappa shape index (κ2) is 8.59. The number of hydrogen-bond acceptors (Lipinski definition) is 6. The van der Waals surface area contributed by atoms with E-state index in [9.17, 15) is 4.79 Å². The summed E-state index contributed by atoms with van der Waals surface area (Å²) in [6.45, 7) is 0. The minimum absolute atomic E-state index is 0.212. The van der Waals surface area contributed by atoms with Crippen molar-refractivity contribution in [3.63, 3.8) is 0 Å². The van der Waals surface area contributed by atoms with Crippen molar-refractivity contribution < 1.29 is 14.3 Å². The van der Waals surface area contributed by atoms with E-state index in [1.807, 2.05) is 35.9 Å². The van der Waals surface area contributed by atoms with E-state index in [0.717, 1.165) is 16.2 Å². The van der Waals surface area contributed by atoms with Gasteiger partial charge < -0.3 is 14.0 Å². The van der Waals surface area contributed by atoms with Gasteiger partial charge in [-0.05, 0) is 30.3 Å². The molecule has 0 unspecified atom stereocenters. The van der Waals surface area contributed by atoms with Crippen molar-refractivity contribution >= 4 is 34.9 Å². The van der Waals surface area contributed by atoms with Crippen molar-refractivity contribution in [3.05, 3.63) is 48.0 Å². The predicted octanol–water partition coefficient (Wildman–Crippen LogP) is 2.83. The molecule has 0 aliphatic heterocycles. The number of hydrazone groups is 1. The molecule has 0 aliphatic carbocycles. The summed E-state index contributed by atoms with van der Waals surface area (Å²) in [6, 6.07) is 13.2. The number of rotatable bonds is 7. The molecule has 27 heavy (non-hydrogen) atoms. The number of aromatic nitrogens is 2. The molecule has 0 bridgehead atoms. The number of benzene rings is 2. The Kier molecular flexibility index (Phi) is 5.97. The average molecular weight is 384 g/mol. The van der Waals surface area contributed by atoms with Crippen LogP contribution < -0.4 is 14.9 Å². The summed E-state index contributed by atoms with van der Waals surface area (Å²) in [7, 11) is 5.09. The van der Waals surface area contributed by atoms with Crippen LogP contribution >= 0.6 is 11.8 Å². The number of nitrogens with zero attached hydrogens (tertiary/aromatic N) is 3. The minimum Gasteiger partial charge on any atom is -0.497 e. The summed E-state index contributed by atoms with van der Waals surface area (Å²) in [5, 5.41) is 4.78. The van der Waals surface area contributed by atoms with Crippen molar-refractivity contribution in [2.24, 2.45) is 12.1 Å². The van der Waals surface area contributed by atoms with Gasteiger partial charge in [-0.2, -0.15) is 5.10 Å². The summed E-state index contributed by atoms with van der Waals surface area (Å²) in [4.78, 5) is 16.6.